The quantitative estimate of drug-likeness (QED) is 0.557. The van der Waals surface area contributed by atoms with Gasteiger partial charge in [-0.05, 0) is 22.0 Å². The van der Waals surface area contributed by atoms with Gasteiger partial charge >= 0.3 is 12.0 Å². The number of amides is 2. The van der Waals surface area contributed by atoms with E-state index in [1.165, 1.54) is 25.1 Å². The average molecular weight is 346 g/mol. The van der Waals surface area contributed by atoms with E-state index >= 15 is 0 Å². The van der Waals surface area contributed by atoms with Crippen molar-refractivity contribution in [3.05, 3.63) is 32.8 Å². The lowest BCUT2D eigenvalue weighted by molar-refractivity contribution is -0.384. The zero-order chi connectivity index (χ0) is 15.3. The number of carbonyl (C=O) groups is 2. The number of carboxylic acid groups (broad SMARTS) is 1. The summed E-state index contributed by atoms with van der Waals surface area (Å²) in [6, 6.07) is 3.29. The van der Waals surface area contributed by atoms with E-state index in [-0.39, 0.29) is 17.9 Å². The summed E-state index contributed by atoms with van der Waals surface area (Å²) in [6.07, 6.45) is 0. The molecule has 20 heavy (non-hydrogen) atoms. The van der Waals surface area contributed by atoms with Crippen molar-refractivity contribution in [2.24, 2.45) is 5.92 Å². The van der Waals surface area contributed by atoms with Crippen molar-refractivity contribution in [1.29, 1.82) is 0 Å². The Morgan fingerprint density at radius 1 is 1.50 bits per heavy atom. The first-order valence-corrected chi connectivity index (χ1v) is 6.32. The van der Waals surface area contributed by atoms with E-state index in [1.54, 1.807) is 0 Å². The molecule has 0 bridgehead atoms. The predicted octanol–water partition coefficient (Wildman–Crippen LogP) is 2.20. The van der Waals surface area contributed by atoms with Gasteiger partial charge in [-0.15, -0.1) is 0 Å². The maximum Gasteiger partial charge on any atom is 0.319 e. The summed E-state index contributed by atoms with van der Waals surface area (Å²) >= 11 is 3.15. The van der Waals surface area contributed by atoms with Crippen LogP contribution in [0.1, 0.15) is 6.92 Å². The Hall–Kier alpha value is -2.16. The van der Waals surface area contributed by atoms with Crippen LogP contribution in [0.4, 0.5) is 16.2 Å². The zero-order valence-electron chi connectivity index (χ0n) is 10.4. The van der Waals surface area contributed by atoms with Crippen molar-refractivity contribution < 1.29 is 19.6 Å². The number of hydrogen-bond donors (Lipinski definition) is 3. The van der Waals surface area contributed by atoms with E-state index in [2.05, 4.69) is 26.6 Å². The van der Waals surface area contributed by atoms with Gasteiger partial charge in [-0.1, -0.05) is 6.92 Å². The molecule has 8 nitrogen and oxygen atoms in total. The molecule has 0 heterocycles. The van der Waals surface area contributed by atoms with Crippen molar-refractivity contribution in [2.75, 3.05) is 11.9 Å². The highest BCUT2D eigenvalue weighted by Crippen LogP contribution is 2.26. The number of nitro benzene ring substituents is 1. The summed E-state index contributed by atoms with van der Waals surface area (Å²) in [5, 5.41) is 24.1. The number of nitro groups is 1. The largest absolute Gasteiger partial charge is 0.481 e. The molecule has 0 saturated carbocycles. The molecule has 1 aromatic carbocycles. The molecule has 0 saturated heterocycles. The van der Waals surface area contributed by atoms with Crippen molar-refractivity contribution in [2.45, 2.75) is 6.92 Å². The number of anilines is 1. The lowest BCUT2D eigenvalue weighted by atomic mass is 10.2. The predicted molar refractivity (Wildman–Crippen MR) is 74.6 cm³/mol. The van der Waals surface area contributed by atoms with Crippen LogP contribution in [0.2, 0.25) is 0 Å². The van der Waals surface area contributed by atoms with Gasteiger partial charge < -0.3 is 15.7 Å². The average Bonchev–Trinajstić information content (AvgIpc) is 2.38. The fourth-order valence-electron chi connectivity index (χ4n) is 1.22. The number of rotatable bonds is 5. The van der Waals surface area contributed by atoms with Gasteiger partial charge in [0.15, 0.2) is 0 Å². The van der Waals surface area contributed by atoms with Gasteiger partial charge in [-0.25, -0.2) is 4.79 Å². The third-order valence-electron chi connectivity index (χ3n) is 2.40. The Bertz CT molecular complexity index is 549. The molecule has 0 aliphatic heterocycles. The first-order valence-electron chi connectivity index (χ1n) is 5.53. The molecule has 1 atom stereocenters. The fraction of sp³-hybridized carbons (Fsp3) is 0.273. The molecule has 9 heteroatoms. The van der Waals surface area contributed by atoms with E-state index in [1.807, 2.05) is 0 Å². The zero-order valence-corrected chi connectivity index (χ0v) is 12.0. The smallest absolute Gasteiger partial charge is 0.319 e. The molecule has 1 rings (SSSR count). The van der Waals surface area contributed by atoms with Gasteiger partial charge in [0, 0.05) is 23.2 Å². The SMILES string of the molecule is CC(CNC(=O)Nc1cc([N+](=O)[O-])ccc1Br)C(=O)O. The number of halogens is 1. The third kappa shape index (κ3) is 4.50. The maximum atomic E-state index is 11.6. The first kappa shape index (κ1) is 15.9. The Balaban J connectivity index is 2.68. The summed E-state index contributed by atoms with van der Waals surface area (Å²) in [5.41, 5.74) is 0.0575. The van der Waals surface area contributed by atoms with Gasteiger partial charge in [0.2, 0.25) is 0 Å². The molecule has 0 radical (unpaired) electrons. The van der Waals surface area contributed by atoms with Gasteiger partial charge in [0.1, 0.15) is 0 Å². The molecule has 0 aliphatic rings. The monoisotopic (exact) mass is 345 g/mol. The third-order valence-corrected chi connectivity index (χ3v) is 3.09. The first-order chi connectivity index (χ1) is 9.31. The fourth-order valence-corrected chi connectivity index (χ4v) is 1.57. The Morgan fingerprint density at radius 3 is 2.70 bits per heavy atom. The molecular weight excluding hydrogens is 334 g/mol. The number of hydrogen-bond acceptors (Lipinski definition) is 4. The van der Waals surface area contributed by atoms with Crippen molar-refractivity contribution in [1.82, 2.24) is 5.32 Å². The minimum Gasteiger partial charge on any atom is -0.481 e. The van der Waals surface area contributed by atoms with E-state index in [0.717, 1.165) is 0 Å². The number of benzene rings is 1. The van der Waals surface area contributed by atoms with E-state index < -0.39 is 22.8 Å². The Kier molecular flexibility index (Phi) is 5.44. The molecule has 3 N–H and O–H groups in total. The molecule has 0 aromatic heterocycles. The molecular formula is C11H12BrN3O5. The number of carboxylic acids is 1. The second kappa shape index (κ2) is 6.85. The van der Waals surface area contributed by atoms with Crippen LogP contribution in [-0.4, -0.2) is 28.6 Å². The molecule has 0 spiro atoms. The second-order valence-electron chi connectivity index (χ2n) is 4.00. The van der Waals surface area contributed by atoms with Gasteiger partial charge in [0.25, 0.3) is 5.69 Å². The van der Waals surface area contributed by atoms with Crippen LogP contribution in [0.3, 0.4) is 0 Å². The lowest BCUT2D eigenvalue weighted by Crippen LogP contribution is -2.34. The molecule has 2 amide bonds. The summed E-state index contributed by atoms with van der Waals surface area (Å²) in [5.74, 6) is -1.75. The van der Waals surface area contributed by atoms with Crippen LogP contribution in [0.5, 0.6) is 0 Å². The maximum absolute atomic E-state index is 11.6. The number of nitrogens with zero attached hydrogens (tertiary/aromatic N) is 1. The number of nitrogens with one attached hydrogen (secondary N) is 2. The standard InChI is InChI=1S/C11H12BrN3O5/c1-6(10(16)17)5-13-11(18)14-9-4-7(15(19)20)2-3-8(9)12/h2-4,6H,5H2,1H3,(H,16,17)(H2,13,14,18). The molecule has 1 unspecified atom stereocenters. The van der Waals surface area contributed by atoms with E-state index in [0.29, 0.717) is 4.47 Å². The van der Waals surface area contributed by atoms with E-state index in [4.69, 9.17) is 5.11 Å². The highest BCUT2D eigenvalue weighted by Gasteiger charge is 2.14. The lowest BCUT2D eigenvalue weighted by Gasteiger charge is -2.10. The van der Waals surface area contributed by atoms with Crippen molar-refractivity contribution >= 4 is 39.3 Å². The number of non-ortho nitro benzene ring substituents is 1. The molecule has 1 aromatic rings. The Labute approximate surface area is 122 Å². The highest BCUT2D eigenvalue weighted by atomic mass is 79.9. The van der Waals surface area contributed by atoms with Crippen LogP contribution >= 0.6 is 15.9 Å². The number of urea groups is 1. The van der Waals surface area contributed by atoms with Gasteiger partial charge in [0.05, 0.1) is 16.5 Å². The van der Waals surface area contributed by atoms with E-state index in [9.17, 15) is 19.7 Å². The van der Waals surface area contributed by atoms with Crippen LogP contribution in [-0.2, 0) is 4.79 Å². The van der Waals surface area contributed by atoms with Crippen LogP contribution in [0, 0.1) is 16.0 Å². The van der Waals surface area contributed by atoms with Crippen LogP contribution in [0.25, 0.3) is 0 Å². The van der Waals surface area contributed by atoms with Gasteiger partial charge in [-0.3, -0.25) is 14.9 Å². The number of carbonyl (C=O) groups excluding carboxylic acids is 1. The van der Waals surface area contributed by atoms with Crippen LogP contribution < -0.4 is 10.6 Å². The molecule has 108 valence electrons. The summed E-state index contributed by atoms with van der Waals surface area (Å²) in [7, 11) is 0. The van der Waals surface area contributed by atoms with Crippen molar-refractivity contribution in [3.63, 3.8) is 0 Å². The minimum atomic E-state index is -1.03. The second-order valence-corrected chi connectivity index (χ2v) is 4.85. The normalized spacial score (nSPS) is 11.5. The summed E-state index contributed by atoms with van der Waals surface area (Å²) in [4.78, 5) is 32.2. The number of aliphatic carboxylic acids is 1. The van der Waals surface area contributed by atoms with Crippen molar-refractivity contribution in [3.8, 4) is 0 Å². The molecule has 0 fully saturated rings. The highest BCUT2D eigenvalue weighted by molar-refractivity contribution is 9.10. The van der Waals surface area contributed by atoms with Crippen LogP contribution in [0.15, 0.2) is 22.7 Å². The summed E-state index contributed by atoms with van der Waals surface area (Å²) < 4.78 is 0.476. The Morgan fingerprint density at radius 2 is 2.15 bits per heavy atom. The topological polar surface area (TPSA) is 122 Å². The minimum absolute atomic E-state index is 0.0479. The molecule has 0 aliphatic carbocycles. The van der Waals surface area contributed by atoms with Gasteiger partial charge in [-0.2, -0.15) is 0 Å². The summed E-state index contributed by atoms with van der Waals surface area (Å²) in [6.45, 7) is 1.40.